The highest BCUT2D eigenvalue weighted by atomic mass is 16.5. The summed E-state index contributed by atoms with van der Waals surface area (Å²) in [5, 5.41) is 5.47. The van der Waals surface area contributed by atoms with Crippen molar-refractivity contribution >= 4 is 24.0 Å². The maximum atomic E-state index is 14.4. The zero-order valence-electron chi connectivity index (χ0n) is 36.7. The second kappa shape index (κ2) is 17.8. The smallest absolute Gasteiger partial charge is 0.407 e. The third-order valence-corrected chi connectivity index (χ3v) is 13.0. The molecular formula is C48H54N8O8. The van der Waals surface area contributed by atoms with E-state index >= 15 is 0 Å². The van der Waals surface area contributed by atoms with Crippen molar-refractivity contribution in [2.24, 2.45) is 11.8 Å². The Balaban J connectivity index is 0.955. The Morgan fingerprint density at radius 3 is 2.41 bits per heavy atom. The molecule has 4 aliphatic rings. The minimum absolute atomic E-state index is 0.0772. The number of alkyl carbamates (subject to hydrolysis) is 2. The van der Waals surface area contributed by atoms with Crippen LogP contribution in [0, 0.1) is 11.8 Å². The number of nitrogens with zero attached hydrogens (tertiary/aromatic N) is 4. The molecule has 16 nitrogen and oxygen atoms in total. The van der Waals surface area contributed by atoms with Gasteiger partial charge in [0.25, 0.3) is 5.91 Å². The van der Waals surface area contributed by atoms with Crippen LogP contribution in [0.3, 0.4) is 0 Å². The van der Waals surface area contributed by atoms with Crippen LogP contribution >= 0.6 is 0 Å². The van der Waals surface area contributed by atoms with Crippen molar-refractivity contribution in [1.29, 1.82) is 0 Å². The Morgan fingerprint density at radius 2 is 1.64 bits per heavy atom. The minimum Gasteiger partial charge on any atom is -0.488 e. The van der Waals surface area contributed by atoms with Gasteiger partial charge in [-0.15, -0.1) is 0 Å². The summed E-state index contributed by atoms with van der Waals surface area (Å²) in [4.78, 5) is 73.3. The van der Waals surface area contributed by atoms with E-state index in [9.17, 15) is 19.2 Å². The van der Waals surface area contributed by atoms with Crippen LogP contribution in [0.2, 0.25) is 0 Å². The SMILES string of the molecule is COCC1C[C@@H](c2nc3c([nH]2)-c2cc4c(cc2CC3)-c2ccc(-c3cnc([C@@H]5CCCN5C(=O)[C@@H](NC(=O)OC)C(C)C)[nH]3)cc2CO4)N(C(=O)[C@H](NC(=O)OC)c2ccccc2)C1. The number of aromatic amines is 2. The van der Waals surface area contributed by atoms with Gasteiger partial charge in [-0.1, -0.05) is 56.3 Å². The number of hydrogen-bond donors (Lipinski definition) is 4. The van der Waals surface area contributed by atoms with Gasteiger partial charge in [0, 0.05) is 37.2 Å². The molecule has 3 aromatic carbocycles. The summed E-state index contributed by atoms with van der Waals surface area (Å²) in [6.07, 6.45) is 4.27. The molecule has 334 valence electrons. The number of hydrogen-bond acceptors (Lipinski definition) is 10. The molecule has 1 aliphatic carbocycles. The highest BCUT2D eigenvalue weighted by molar-refractivity contribution is 5.88. The standard InChI is InChI=1S/C48H54N8O8/c1-26(2)40(53-47(59)62-4)45(57)55-17-9-12-37(55)43-49-22-36(51-43)30-13-15-32-31(19-30)25-64-39-21-33-29(20-34(32)39)14-16-35-42(33)52-44(50-35)38-18-27(24-61-3)23-56(38)46(58)41(54-48(60)63-5)28-10-7-6-8-11-28/h6-8,10-11,13,15,19-22,26-27,37-38,40-41H,9,12,14,16-18,23-25H2,1-5H3,(H,49,51)(H,50,52)(H,53,59)(H,54,60)/t27?,37-,38-,40-,41+/m0/s1. The van der Waals surface area contributed by atoms with E-state index in [1.54, 1.807) is 7.11 Å². The molecule has 4 amide bonds. The van der Waals surface area contributed by atoms with E-state index in [0.29, 0.717) is 49.9 Å². The number of benzene rings is 3. The summed E-state index contributed by atoms with van der Waals surface area (Å²) in [7, 11) is 4.24. The topological polar surface area (TPSA) is 193 Å². The molecule has 3 aliphatic heterocycles. The van der Waals surface area contributed by atoms with E-state index in [1.165, 1.54) is 19.8 Å². The van der Waals surface area contributed by atoms with Gasteiger partial charge in [-0.05, 0) is 84.0 Å². The fourth-order valence-corrected chi connectivity index (χ4v) is 9.84. The molecule has 2 fully saturated rings. The van der Waals surface area contributed by atoms with Crippen molar-refractivity contribution in [3.05, 3.63) is 101 Å². The number of methoxy groups -OCH3 is 3. The average Bonchev–Trinajstić information content (AvgIpc) is 4.15. The normalized spacial score (nSPS) is 19.4. The Hall–Kier alpha value is -6.68. The number of imidazole rings is 2. The number of carbonyl (C=O) groups is 4. The molecule has 0 spiro atoms. The zero-order valence-corrected chi connectivity index (χ0v) is 36.7. The monoisotopic (exact) mass is 870 g/mol. The first-order valence-corrected chi connectivity index (χ1v) is 22.0. The van der Waals surface area contributed by atoms with Crippen molar-refractivity contribution in [2.75, 3.05) is 41.0 Å². The second-order valence-electron chi connectivity index (χ2n) is 17.4. The molecule has 5 atom stereocenters. The molecule has 5 heterocycles. The summed E-state index contributed by atoms with van der Waals surface area (Å²) in [6, 6.07) is 17.6. The van der Waals surface area contributed by atoms with E-state index < -0.39 is 24.3 Å². The van der Waals surface area contributed by atoms with Crippen molar-refractivity contribution in [1.82, 2.24) is 40.4 Å². The molecule has 0 bridgehead atoms. The van der Waals surface area contributed by atoms with E-state index in [2.05, 4.69) is 50.9 Å². The Kier molecular flexibility index (Phi) is 11.9. The summed E-state index contributed by atoms with van der Waals surface area (Å²) in [5.74, 6) is 1.77. The molecule has 0 radical (unpaired) electrons. The van der Waals surface area contributed by atoms with Gasteiger partial charge in [-0.2, -0.15) is 0 Å². The summed E-state index contributed by atoms with van der Waals surface area (Å²) >= 11 is 0. The number of H-pyrrole nitrogens is 2. The molecular weight excluding hydrogens is 817 g/mol. The van der Waals surface area contributed by atoms with Gasteiger partial charge < -0.3 is 49.3 Å². The fourth-order valence-electron chi connectivity index (χ4n) is 9.84. The van der Waals surface area contributed by atoms with Gasteiger partial charge in [-0.25, -0.2) is 19.6 Å². The maximum absolute atomic E-state index is 14.4. The van der Waals surface area contributed by atoms with Crippen molar-refractivity contribution < 1.29 is 38.1 Å². The van der Waals surface area contributed by atoms with Crippen molar-refractivity contribution in [2.45, 2.75) is 76.7 Å². The van der Waals surface area contributed by atoms with Crippen LogP contribution in [0.15, 0.2) is 66.9 Å². The Bertz CT molecular complexity index is 2570. The van der Waals surface area contributed by atoms with Crippen LogP contribution in [-0.4, -0.2) is 101 Å². The minimum atomic E-state index is -0.940. The molecule has 5 aromatic rings. The number of likely N-dealkylation sites (tertiary alicyclic amines) is 2. The van der Waals surface area contributed by atoms with Crippen LogP contribution < -0.4 is 15.4 Å². The molecule has 64 heavy (non-hydrogen) atoms. The number of amides is 4. The van der Waals surface area contributed by atoms with Gasteiger partial charge in [0.15, 0.2) is 0 Å². The lowest BCUT2D eigenvalue weighted by molar-refractivity contribution is -0.136. The van der Waals surface area contributed by atoms with E-state index in [0.717, 1.165) is 76.3 Å². The third-order valence-electron chi connectivity index (χ3n) is 13.0. The lowest BCUT2D eigenvalue weighted by atomic mass is 9.86. The molecule has 2 saturated heterocycles. The first kappa shape index (κ1) is 42.6. The predicted molar refractivity (Wildman–Crippen MR) is 236 cm³/mol. The lowest BCUT2D eigenvalue weighted by Gasteiger charge is -2.30. The highest BCUT2D eigenvalue weighted by Crippen LogP contribution is 2.46. The largest absolute Gasteiger partial charge is 0.488 e. The van der Waals surface area contributed by atoms with Gasteiger partial charge in [0.2, 0.25) is 5.91 Å². The average molecular weight is 871 g/mol. The van der Waals surface area contributed by atoms with E-state index in [4.69, 9.17) is 28.9 Å². The zero-order chi connectivity index (χ0) is 44.6. The van der Waals surface area contributed by atoms with Crippen molar-refractivity contribution in [3.8, 4) is 39.4 Å². The predicted octanol–water partition coefficient (Wildman–Crippen LogP) is 6.80. The summed E-state index contributed by atoms with van der Waals surface area (Å²) < 4.78 is 21.7. The van der Waals surface area contributed by atoms with E-state index in [-0.39, 0.29) is 35.7 Å². The Labute approximate surface area is 371 Å². The maximum Gasteiger partial charge on any atom is 0.407 e. The van der Waals surface area contributed by atoms with Gasteiger partial charge in [0.1, 0.15) is 36.1 Å². The van der Waals surface area contributed by atoms with Gasteiger partial charge in [-0.3, -0.25) is 9.59 Å². The molecule has 0 saturated carbocycles. The molecule has 2 aromatic heterocycles. The number of aromatic nitrogens is 4. The molecule has 9 rings (SSSR count). The Morgan fingerprint density at radius 1 is 0.844 bits per heavy atom. The third kappa shape index (κ3) is 8.06. The lowest BCUT2D eigenvalue weighted by Crippen LogP contribution is -2.51. The first-order valence-electron chi connectivity index (χ1n) is 22.0. The molecule has 16 heteroatoms. The van der Waals surface area contributed by atoms with Gasteiger partial charge in [0.05, 0.1) is 56.2 Å². The first-order chi connectivity index (χ1) is 31.0. The second-order valence-corrected chi connectivity index (χ2v) is 17.4. The molecule has 1 unspecified atom stereocenters. The summed E-state index contributed by atoms with van der Waals surface area (Å²) in [6.45, 7) is 5.70. The number of rotatable bonds is 11. The van der Waals surface area contributed by atoms with E-state index in [1.807, 2.05) is 60.2 Å². The number of carbonyl (C=O) groups excluding carboxylic acids is 4. The van der Waals surface area contributed by atoms with Crippen molar-refractivity contribution in [3.63, 3.8) is 0 Å². The number of ether oxygens (including phenoxy) is 4. The number of aryl methyl sites for hydroxylation is 2. The van der Waals surface area contributed by atoms with Gasteiger partial charge >= 0.3 is 12.2 Å². The van der Waals surface area contributed by atoms with Crippen LogP contribution in [0.25, 0.3) is 33.6 Å². The summed E-state index contributed by atoms with van der Waals surface area (Å²) in [5.41, 5.74) is 9.73. The number of nitrogens with one attached hydrogen (secondary N) is 4. The highest BCUT2D eigenvalue weighted by Gasteiger charge is 2.42. The van der Waals surface area contributed by atoms with Crippen LogP contribution in [0.1, 0.15) is 85.3 Å². The van der Waals surface area contributed by atoms with Crippen LogP contribution in [0.5, 0.6) is 5.75 Å². The quantitative estimate of drug-likeness (QED) is 0.110. The van der Waals surface area contributed by atoms with Crippen LogP contribution in [0.4, 0.5) is 9.59 Å². The fraction of sp³-hybridized carbons (Fsp3) is 0.417. The number of fused-ring (bicyclic) bond motifs is 6. The molecule has 4 N–H and O–H groups in total. The van der Waals surface area contributed by atoms with Crippen LogP contribution in [-0.2, 0) is 43.2 Å².